The molecule has 0 N–H and O–H groups in total. The van der Waals surface area contributed by atoms with E-state index in [0.29, 0.717) is 22.8 Å². The van der Waals surface area contributed by atoms with Crippen LogP contribution in [0.1, 0.15) is 29.4 Å². The third-order valence-corrected chi connectivity index (χ3v) is 3.30. The molecule has 0 bridgehead atoms. The summed E-state index contributed by atoms with van der Waals surface area (Å²) in [6.45, 7) is 2.64. The van der Waals surface area contributed by atoms with Gasteiger partial charge in [-0.15, -0.1) is 5.10 Å². The second kappa shape index (κ2) is 5.50. The molecule has 2 rings (SSSR count). The van der Waals surface area contributed by atoms with Crippen LogP contribution >= 0.6 is 23.2 Å². The zero-order chi connectivity index (χ0) is 13.1. The monoisotopic (exact) mass is 283 g/mol. The maximum Gasteiger partial charge on any atom is 0.214 e. The van der Waals surface area contributed by atoms with Crippen molar-refractivity contribution in [3.8, 4) is 0 Å². The van der Waals surface area contributed by atoms with Crippen molar-refractivity contribution in [2.24, 2.45) is 0 Å². The number of carbonyl (C=O) groups excluding carboxylic acids is 1. The summed E-state index contributed by atoms with van der Waals surface area (Å²) in [7, 11) is 0. The van der Waals surface area contributed by atoms with Crippen molar-refractivity contribution in [1.82, 2.24) is 15.0 Å². The first-order valence-electron chi connectivity index (χ1n) is 5.52. The fraction of sp³-hybridized carbons (Fsp3) is 0.250. The van der Waals surface area contributed by atoms with Gasteiger partial charge in [-0.05, 0) is 18.6 Å². The van der Waals surface area contributed by atoms with Gasteiger partial charge in [0.1, 0.15) is 5.69 Å². The van der Waals surface area contributed by atoms with Crippen molar-refractivity contribution >= 4 is 29.0 Å². The number of rotatable bonds is 4. The van der Waals surface area contributed by atoms with Gasteiger partial charge in [0, 0.05) is 12.1 Å². The van der Waals surface area contributed by atoms with Crippen LogP contribution in [-0.4, -0.2) is 20.8 Å². The molecule has 94 valence electrons. The van der Waals surface area contributed by atoms with Gasteiger partial charge in [-0.3, -0.25) is 4.79 Å². The highest BCUT2D eigenvalue weighted by molar-refractivity contribution is 6.44. The van der Waals surface area contributed by atoms with Gasteiger partial charge in [-0.1, -0.05) is 41.4 Å². The number of nitrogens with zero attached hydrogens (tertiary/aromatic N) is 3. The summed E-state index contributed by atoms with van der Waals surface area (Å²) in [5.41, 5.74) is 0.782. The normalized spacial score (nSPS) is 10.6. The minimum absolute atomic E-state index is 0.221. The molecule has 0 saturated carbocycles. The Bertz CT molecular complexity index is 580. The third-order valence-electron chi connectivity index (χ3n) is 2.48. The Balaban J connectivity index is 2.42. The van der Waals surface area contributed by atoms with Crippen LogP contribution in [0.2, 0.25) is 10.0 Å². The average molecular weight is 284 g/mol. The number of aryl methyl sites for hydroxylation is 1. The maximum atomic E-state index is 12.3. The summed E-state index contributed by atoms with van der Waals surface area (Å²) in [5.74, 6) is -0.221. The second-order valence-corrected chi connectivity index (χ2v) is 4.56. The third kappa shape index (κ3) is 2.40. The van der Waals surface area contributed by atoms with Crippen molar-refractivity contribution in [3.63, 3.8) is 0 Å². The first-order valence-corrected chi connectivity index (χ1v) is 6.28. The molecule has 6 heteroatoms. The summed E-state index contributed by atoms with van der Waals surface area (Å²) in [4.78, 5) is 12.3. The van der Waals surface area contributed by atoms with E-state index in [-0.39, 0.29) is 10.8 Å². The molecular formula is C12H11Cl2N3O. The molecule has 1 heterocycles. The highest BCUT2D eigenvalue weighted by atomic mass is 35.5. The number of hydrogen-bond donors (Lipinski definition) is 0. The Kier molecular flexibility index (Phi) is 3.99. The SMILES string of the molecule is CCCn1nncc1C(=O)c1cccc(Cl)c1Cl. The molecule has 0 unspecified atom stereocenters. The Morgan fingerprint density at radius 1 is 1.39 bits per heavy atom. The first kappa shape index (κ1) is 13.1. The highest BCUT2D eigenvalue weighted by Gasteiger charge is 2.18. The molecule has 2 aromatic rings. The van der Waals surface area contributed by atoms with Crippen LogP contribution in [0.15, 0.2) is 24.4 Å². The van der Waals surface area contributed by atoms with E-state index < -0.39 is 0 Å². The van der Waals surface area contributed by atoms with Crippen LogP contribution in [-0.2, 0) is 6.54 Å². The van der Waals surface area contributed by atoms with E-state index in [1.54, 1.807) is 22.9 Å². The number of ketones is 1. The van der Waals surface area contributed by atoms with Gasteiger partial charge in [0.15, 0.2) is 0 Å². The number of carbonyl (C=O) groups is 1. The van der Waals surface area contributed by atoms with Crippen molar-refractivity contribution in [3.05, 3.63) is 45.7 Å². The summed E-state index contributed by atoms with van der Waals surface area (Å²) >= 11 is 11.9. The van der Waals surface area contributed by atoms with Gasteiger partial charge in [-0.2, -0.15) is 0 Å². The molecule has 4 nitrogen and oxygen atoms in total. The fourth-order valence-corrected chi connectivity index (χ4v) is 2.01. The molecule has 0 amide bonds. The summed E-state index contributed by atoms with van der Waals surface area (Å²) < 4.78 is 1.57. The van der Waals surface area contributed by atoms with E-state index in [0.717, 1.165) is 6.42 Å². The first-order chi connectivity index (χ1) is 8.65. The zero-order valence-corrected chi connectivity index (χ0v) is 11.2. The molecule has 0 spiro atoms. The summed E-state index contributed by atoms with van der Waals surface area (Å²) in [6, 6.07) is 4.97. The molecule has 0 saturated heterocycles. The number of halogens is 2. The Hall–Kier alpha value is -1.39. The fourth-order valence-electron chi connectivity index (χ4n) is 1.63. The highest BCUT2D eigenvalue weighted by Crippen LogP contribution is 2.27. The van der Waals surface area contributed by atoms with Crippen molar-refractivity contribution < 1.29 is 4.79 Å². The van der Waals surface area contributed by atoms with E-state index in [2.05, 4.69) is 10.3 Å². The minimum Gasteiger partial charge on any atom is -0.287 e. The molecule has 0 aliphatic heterocycles. The van der Waals surface area contributed by atoms with E-state index >= 15 is 0 Å². The van der Waals surface area contributed by atoms with Crippen LogP contribution in [0, 0.1) is 0 Å². The van der Waals surface area contributed by atoms with Gasteiger partial charge in [0.2, 0.25) is 5.78 Å². The lowest BCUT2D eigenvalue weighted by Gasteiger charge is -2.06. The van der Waals surface area contributed by atoms with E-state index in [1.807, 2.05) is 6.92 Å². The Labute approximate surface area is 115 Å². The van der Waals surface area contributed by atoms with Crippen molar-refractivity contribution in [2.45, 2.75) is 19.9 Å². The van der Waals surface area contributed by atoms with Gasteiger partial charge >= 0.3 is 0 Å². The number of hydrogen-bond acceptors (Lipinski definition) is 3. The Morgan fingerprint density at radius 3 is 2.89 bits per heavy atom. The molecule has 0 aliphatic rings. The molecule has 18 heavy (non-hydrogen) atoms. The maximum absolute atomic E-state index is 12.3. The molecule has 1 aromatic heterocycles. The van der Waals surface area contributed by atoms with E-state index in [4.69, 9.17) is 23.2 Å². The predicted octanol–water partition coefficient (Wildman–Crippen LogP) is 3.23. The molecule has 0 radical (unpaired) electrons. The van der Waals surface area contributed by atoms with Crippen molar-refractivity contribution in [2.75, 3.05) is 0 Å². The summed E-state index contributed by atoms with van der Waals surface area (Å²) in [6.07, 6.45) is 2.31. The van der Waals surface area contributed by atoms with Gasteiger partial charge < -0.3 is 0 Å². The van der Waals surface area contributed by atoms with Crippen LogP contribution in [0.4, 0.5) is 0 Å². The minimum atomic E-state index is -0.221. The Morgan fingerprint density at radius 2 is 2.17 bits per heavy atom. The smallest absolute Gasteiger partial charge is 0.214 e. The topological polar surface area (TPSA) is 47.8 Å². The average Bonchev–Trinajstić information content (AvgIpc) is 2.80. The lowest BCUT2D eigenvalue weighted by atomic mass is 10.1. The second-order valence-electron chi connectivity index (χ2n) is 3.77. The lowest BCUT2D eigenvalue weighted by Crippen LogP contribution is -2.12. The van der Waals surface area contributed by atoms with Gasteiger partial charge in [0.05, 0.1) is 16.2 Å². The van der Waals surface area contributed by atoms with Gasteiger partial charge in [0.25, 0.3) is 0 Å². The molecule has 0 atom stereocenters. The van der Waals surface area contributed by atoms with E-state index in [9.17, 15) is 4.79 Å². The number of benzene rings is 1. The predicted molar refractivity (Wildman–Crippen MR) is 70.2 cm³/mol. The molecular weight excluding hydrogens is 273 g/mol. The van der Waals surface area contributed by atoms with Crippen LogP contribution in [0.3, 0.4) is 0 Å². The molecule has 1 aromatic carbocycles. The largest absolute Gasteiger partial charge is 0.287 e. The van der Waals surface area contributed by atoms with Crippen LogP contribution < -0.4 is 0 Å². The van der Waals surface area contributed by atoms with Crippen molar-refractivity contribution in [1.29, 1.82) is 0 Å². The lowest BCUT2D eigenvalue weighted by molar-refractivity contribution is 0.102. The quantitative estimate of drug-likeness (QED) is 0.810. The standard InChI is InChI=1S/C12H11Cl2N3O/c1-2-6-17-10(7-15-16-17)12(18)8-4-3-5-9(13)11(8)14/h3-5,7H,2,6H2,1H3. The van der Waals surface area contributed by atoms with Crippen LogP contribution in [0.25, 0.3) is 0 Å². The van der Waals surface area contributed by atoms with E-state index in [1.165, 1.54) is 6.20 Å². The molecule has 0 aliphatic carbocycles. The zero-order valence-electron chi connectivity index (χ0n) is 9.73. The number of aromatic nitrogens is 3. The molecule has 0 fully saturated rings. The summed E-state index contributed by atoms with van der Waals surface area (Å²) in [5, 5.41) is 8.25. The van der Waals surface area contributed by atoms with Gasteiger partial charge in [-0.25, -0.2) is 4.68 Å². The van der Waals surface area contributed by atoms with Crippen LogP contribution in [0.5, 0.6) is 0 Å².